The Morgan fingerprint density at radius 3 is 2.11 bits per heavy atom. The number of aliphatic hydroxyl groups is 6. The molecule has 0 aromatic carbocycles. The van der Waals surface area contributed by atoms with Gasteiger partial charge >= 0.3 is 5.97 Å². The van der Waals surface area contributed by atoms with Crippen LogP contribution in [0.1, 0.15) is 93.9 Å². The number of hydrogen-bond acceptors (Lipinski definition) is 18. The second kappa shape index (κ2) is 25.0. The normalized spacial score (nSPS) is 45.5. The highest BCUT2D eigenvalue weighted by molar-refractivity contribution is 5.91. The van der Waals surface area contributed by atoms with Gasteiger partial charge in [-0.15, -0.1) is 0 Å². The summed E-state index contributed by atoms with van der Waals surface area (Å²) in [5, 5.41) is 66.0. The molecule has 4 heterocycles. The summed E-state index contributed by atoms with van der Waals surface area (Å²) in [6.45, 7) is 13.7. The Kier molecular flexibility index (Phi) is 21.4. The van der Waals surface area contributed by atoms with Gasteiger partial charge in [0.2, 0.25) is 0 Å². The van der Waals surface area contributed by atoms with Crippen LogP contribution in [0.2, 0.25) is 0 Å². The van der Waals surface area contributed by atoms with E-state index in [0.717, 1.165) is 0 Å². The Morgan fingerprint density at radius 1 is 0.846 bits per heavy atom. The number of cyclic esters (lactones) is 1. The zero-order valence-corrected chi connectivity index (χ0v) is 40.6. The van der Waals surface area contributed by atoms with Gasteiger partial charge in [-0.25, -0.2) is 0 Å². The molecule has 4 aliphatic heterocycles. The Hall–Kier alpha value is -1.98. The first-order chi connectivity index (χ1) is 30.6. The van der Waals surface area contributed by atoms with Gasteiger partial charge in [0.25, 0.3) is 0 Å². The van der Waals surface area contributed by atoms with Crippen molar-refractivity contribution in [3.8, 4) is 0 Å². The molecule has 21 atom stereocenters. The van der Waals surface area contributed by atoms with E-state index in [0.29, 0.717) is 24.8 Å². The SMILES string of the molecule is CC[C@H]1OC(=O)C[C@@H](O)[C@H](C)[C@@H](O[C@@H]2O[C@H](C)[C@@H](O[C@H]3C[C@@](C)(O)[C@@H](O)[C@H](C)O3)[C@H](N(C)C)[C@H]2O)[C@@H](CCCO)C[C@@H](C)C(=O)/C=C/C(C)=C/[C@@H]1CO[C@@H]1O[C@H](C)[C@@H](O)[C@@H](OC)[C@H]1OC. The molecule has 18 nitrogen and oxygen atoms in total. The lowest BCUT2D eigenvalue weighted by Gasteiger charge is -2.50. The smallest absolute Gasteiger partial charge is 0.308 e. The van der Waals surface area contributed by atoms with Gasteiger partial charge in [0.1, 0.15) is 42.7 Å². The van der Waals surface area contributed by atoms with Crippen LogP contribution in [0.15, 0.2) is 23.8 Å². The molecular weight excluding hydrogens is 851 g/mol. The van der Waals surface area contributed by atoms with Crippen molar-refractivity contribution < 1.29 is 82.9 Å². The summed E-state index contributed by atoms with van der Waals surface area (Å²) in [5.41, 5.74) is -0.771. The van der Waals surface area contributed by atoms with E-state index in [2.05, 4.69) is 0 Å². The number of methoxy groups -OCH3 is 2. The fraction of sp³-hybridized carbons (Fsp3) is 0.872. The van der Waals surface area contributed by atoms with Crippen molar-refractivity contribution in [1.29, 1.82) is 0 Å². The van der Waals surface area contributed by atoms with Crippen molar-refractivity contribution in [3.63, 3.8) is 0 Å². The molecule has 0 radical (unpaired) electrons. The van der Waals surface area contributed by atoms with E-state index in [-0.39, 0.29) is 31.8 Å². The maximum absolute atomic E-state index is 13.8. The minimum absolute atomic E-state index is 0.00518. The Bertz CT molecular complexity index is 1550. The fourth-order valence-corrected chi connectivity index (χ4v) is 9.79. The number of likely N-dealkylation sites (N-methyl/N-ethyl adjacent to an activating group) is 1. The lowest BCUT2D eigenvalue weighted by atomic mass is 9.79. The Balaban J connectivity index is 1.63. The van der Waals surface area contributed by atoms with Crippen LogP contribution in [0.25, 0.3) is 0 Å². The van der Waals surface area contributed by atoms with Crippen LogP contribution in [0.3, 0.4) is 0 Å². The number of hydrogen-bond donors (Lipinski definition) is 6. The zero-order chi connectivity index (χ0) is 48.5. The minimum Gasteiger partial charge on any atom is -0.462 e. The van der Waals surface area contributed by atoms with E-state index in [1.54, 1.807) is 52.8 Å². The molecule has 0 aromatic heterocycles. The number of allylic oxidation sites excluding steroid dienone is 3. The van der Waals surface area contributed by atoms with Gasteiger partial charge in [0.15, 0.2) is 24.7 Å². The highest BCUT2D eigenvalue weighted by Crippen LogP contribution is 2.38. The van der Waals surface area contributed by atoms with E-state index < -0.39 is 140 Å². The first kappa shape index (κ1) is 55.6. The molecule has 4 rings (SSSR count). The van der Waals surface area contributed by atoms with Gasteiger partial charge in [0.05, 0.1) is 55.2 Å². The summed E-state index contributed by atoms with van der Waals surface area (Å²) in [5.74, 6) is -3.12. The third-order valence-corrected chi connectivity index (χ3v) is 13.7. The second-order valence-electron chi connectivity index (χ2n) is 19.2. The summed E-state index contributed by atoms with van der Waals surface area (Å²) in [6.07, 6.45) is -7.69. The van der Waals surface area contributed by atoms with Crippen LogP contribution in [0, 0.1) is 23.7 Å². The molecule has 3 saturated heterocycles. The molecule has 0 aromatic rings. The number of carbonyl (C=O) groups excluding carboxylic acids is 2. The van der Waals surface area contributed by atoms with Crippen molar-refractivity contribution in [2.24, 2.45) is 23.7 Å². The average Bonchev–Trinajstić information content (AvgIpc) is 3.24. The molecule has 3 fully saturated rings. The number of ketones is 1. The van der Waals surface area contributed by atoms with Crippen molar-refractivity contribution in [3.05, 3.63) is 23.8 Å². The Morgan fingerprint density at radius 2 is 1.51 bits per heavy atom. The van der Waals surface area contributed by atoms with E-state index >= 15 is 0 Å². The summed E-state index contributed by atoms with van der Waals surface area (Å²) < 4.78 is 55.0. The lowest BCUT2D eigenvalue weighted by Crippen LogP contribution is -2.65. The third-order valence-electron chi connectivity index (χ3n) is 13.7. The molecule has 18 heteroatoms. The first-order valence-corrected chi connectivity index (χ1v) is 23.3. The van der Waals surface area contributed by atoms with Crippen molar-refractivity contribution >= 4 is 11.8 Å². The number of esters is 1. The summed E-state index contributed by atoms with van der Waals surface area (Å²) in [7, 11) is 6.49. The zero-order valence-electron chi connectivity index (χ0n) is 40.6. The van der Waals surface area contributed by atoms with Crippen LogP contribution in [0.4, 0.5) is 0 Å². The van der Waals surface area contributed by atoms with Gasteiger partial charge < -0.3 is 78.2 Å². The maximum Gasteiger partial charge on any atom is 0.308 e. The van der Waals surface area contributed by atoms with Crippen LogP contribution in [0.5, 0.6) is 0 Å². The van der Waals surface area contributed by atoms with E-state index in [4.69, 9.17) is 42.6 Å². The molecular formula is C47H81NO17. The van der Waals surface area contributed by atoms with E-state index in [9.17, 15) is 40.2 Å². The van der Waals surface area contributed by atoms with Gasteiger partial charge in [-0.2, -0.15) is 0 Å². The number of nitrogens with zero attached hydrogens (tertiary/aromatic N) is 1. The predicted octanol–water partition coefficient (Wildman–Crippen LogP) is 2.02. The number of carbonyl (C=O) groups is 2. The van der Waals surface area contributed by atoms with Crippen molar-refractivity contribution in [2.75, 3.05) is 41.5 Å². The lowest BCUT2D eigenvalue weighted by molar-refractivity contribution is -0.342. The topological polar surface area (TPSA) is 242 Å². The number of rotatable bonds is 14. The van der Waals surface area contributed by atoms with Crippen molar-refractivity contribution in [2.45, 2.75) is 198 Å². The Labute approximate surface area is 385 Å². The average molecular weight is 932 g/mol. The first-order valence-electron chi connectivity index (χ1n) is 23.3. The molecule has 0 saturated carbocycles. The van der Waals surface area contributed by atoms with E-state index in [1.807, 2.05) is 26.8 Å². The second-order valence-corrected chi connectivity index (χ2v) is 19.2. The summed E-state index contributed by atoms with van der Waals surface area (Å²) >= 11 is 0. The van der Waals surface area contributed by atoms with E-state index in [1.165, 1.54) is 27.2 Å². The van der Waals surface area contributed by atoms with Crippen LogP contribution >= 0.6 is 0 Å². The number of ether oxygens (including phenoxy) is 9. The van der Waals surface area contributed by atoms with Crippen LogP contribution < -0.4 is 0 Å². The third kappa shape index (κ3) is 14.3. The predicted molar refractivity (Wildman–Crippen MR) is 236 cm³/mol. The van der Waals surface area contributed by atoms with Crippen LogP contribution in [-0.2, 0) is 52.2 Å². The van der Waals surface area contributed by atoms with Gasteiger partial charge in [-0.05, 0) is 86.4 Å². The molecule has 6 N–H and O–H groups in total. The van der Waals surface area contributed by atoms with Crippen molar-refractivity contribution in [1.82, 2.24) is 4.90 Å². The maximum atomic E-state index is 13.8. The molecule has 0 spiro atoms. The fourth-order valence-electron chi connectivity index (χ4n) is 9.79. The molecule has 65 heavy (non-hydrogen) atoms. The molecule has 0 amide bonds. The standard InChI is InChI=1S/C47H81NO17/c1-13-34-31(23-59-46-43(58-12)42(57-11)38(53)27(5)61-46)19-24(2)16-17-32(50)25(3)20-30(15-14-18-49)40(26(4)33(51)21-35(52)63-34)65-45-39(54)37(48(9)10)41(28(6)62-45)64-36-22-47(8,56)44(55)29(7)60-36/h16-17,19,25-31,33-34,36-46,49,51,53-56H,13-15,18,20-23H2,1-12H3/b17-16+,24-19+/t25-,26+,27-,28-,29+,30+,31-,33-,34-,36+,37-,38-,39-,40-,41-,42-,43-,44+,45+,46-,47-/m1/s1. The highest BCUT2D eigenvalue weighted by atomic mass is 16.7. The highest BCUT2D eigenvalue weighted by Gasteiger charge is 2.52. The monoisotopic (exact) mass is 932 g/mol. The molecule has 0 bridgehead atoms. The summed E-state index contributed by atoms with van der Waals surface area (Å²) in [4.78, 5) is 29.5. The van der Waals surface area contributed by atoms with Gasteiger partial charge in [-0.1, -0.05) is 38.5 Å². The molecule has 0 unspecified atom stereocenters. The van der Waals surface area contributed by atoms with Crippen LogP contribution in [-0.4, -0.2) is 193 Å². The molecule has 4 aliphatic rings. The van der Waals surface area contributed by atoms with Gasteiger partial charge in [-0.3, -0.25) is 9.59 Å². The van der Waals surface area contributed by atoms with Gasteiger partial charge in [0, 0.05) is 45.0 Å². The molecule has 376 valence electrons. The number of aliphatic hydroxyl groups excluding tert-OH is 5. The summed E-state index contributed by atoms with van der Waals surface area (Å²) in [6, 6.07) is -0.719. The molecule has 0 aliphatic carbocycles. The largest absolute Gasteiger partial charge is 0.462 e. The minimum atomic E-state index is -1.48. The quantitative estimate of drug-likeness (QED) is 0.137.